The minimum atomic E-state index is -0.427. The summed E-state index contributed by atoms with van der Waals surface area (Å²) in [6, 6.07) is 3.44. The maximum Gasteiger partial charge on any atom is 0.167 e. The molecule has 1 aliphatic rings. The van der Waals surface area contributed by atoms with Crippen LogP contribution in [0.1, 0.15) is 32.6 Å². The third-order valence-corrected chi connectivity index (χ3v) is 3.76. The van der Waals surface area contributed by atoms with E-state index in [1.807, 2.05) is 6.92 Å². The van der Waals surface area contributed by atoms with Crippen LogP contribution in [0.15, 0.2) is 12.1 Å². The molecule has 1 aromatic carbocycles. The van der Waals surface area contributed by atoms with Crippen LogP contribution in [0.5, 0.6) is 5.75 Å². The molecule has 2 rings (SSSR count). The van der Waals surface area contributed by atoms with Crippen molar-refractivity contribution in [3.63, 3.8) is 0 Å². The summed E-state index contributed by atoms with van der Waals surface area (Å²) in [5, 5.41) is 9.04. The number of ether oxygens (including phenoxy) is 1. The van der Waals surface area contributed by atoms with Crippen molar-refractivity contribution in [2.45, 2.75) is 38.6 Å². The molecule has 0 atom stereocenters. The number of rotatable bonds is 7. The zero-order valence-electron chi connectivity index (χ0n) is 11.9. The predicted octanol–water partition coefficient (Wildman–Crippen LogP) is 2.55. The number of nitrogens with two attached hydrogens (primary N) is 1. The first-order valence-corrected chi connectivity index (χ1v) is 7.26. The molecule has 5 heteroatoms. The molecule has 0 amide bonds. The van der Waals surface area contributed by atoms with Gasteiger partial charge in [0.2, 0.25) is 0 Å². The van der Waals surface area contributed by atoms with E-state index in [-0.39, 0.29) is 12.4 Å². The first kappa shape index (κ1) is 14.9. The van der Waals surface area contributed by atoms with Gasteiger partial charge in [0.1, 0.15) is 0 Å². The van der Waals surface area contributed by atoms with Gasteiger partial charge in [-0.25, -0.2) is 4.39 Å². The second-order valence-corrected chi connectivity index (χ2v) is 5.13. The van der Waals surface area contributed by atoms with Crippen molar-refractivity contribution in [3.05, 3.63) is 17.9 Å². The van der Waals surface area contributed by atoms with Crippen LogP contribution in [0, 0.1) is 5.82 Å². The highest BCUT2D eigenvalue weighted by molar-refractivity contribution is 5.70. The monoisotopic (exact) mass is 282 g/mol. The number of aliphatic hydroxyl groups is 1. The summed E-state index contributed by atoms with van der Waals surface area (Å²) in [6.45, 7) is 3.11. The second-order valence-electron chi connectivity index (χ2n) is 5.13. The minimum Gasteiger partial charge on any atom is -0.491 e. The van der Waals surface area contributed by atoms with Gasteiger partial charge in [0.15, 0.2) is 11.6 Å². The topological polar surface area (TPSA) is 58.7 Å². The van der Waals surface area contributed by atoms with Gasteiger partial charge in [-0.05, 0) is 32.6 Å². The van der Waals surface area contributed by atoms with Gasteiger partial charge in [-0.3, -0.25) is 0 Å². The summed E-state index contributed by atoms with van der Waals surface area (Å²) in [5.74, 6) is -0.186. The van der Waals surface area contributed by atoms with E-state index in [9.17, 15) is 4.39 Å². The third kappa shape index (κ3) is 3.15. The van der Waals surface area contributed by atoms with E-state index in [2.05, 4.69) is 4.90 Å². The molecule has 0 heterocycles. The van der Waals surface area contributed by atoms with E-state index < -0.39 is 5.82 Å². The van der Waals surface area contributed by atoms with Crippen molar-refractivity contribution in [3.8, 4) is 5.75 Å². The minimum absolute atomic E-state index is 0.142. The maximum absolute atomic E-state index is 13.8. The van der Waals surface area contributed by atoms with E-state index >= 15 is 0 Å². The molecule has 0 saturated heterocycles. The number of benzene rings is 1. The highest BCUT2D eigenvalue weighted by Crippen LogP contribution is 2.36. The summed E-state index contributed by atoms with van der Waals surface area (Å²) in [7, 11) is 0. The lowest BCUT2D eigenvalue weighted by Crippen LogP contribution is -2.41. The molecule has 0 radical (unpaired) electrons. The summed E-state index contributed by atoms with van der Waals surface area (Å²) in [5.41, 5.74) is 7.22. The Morgan fingerprint density at radius 3 is 2.75 bits per heavy atom. The van der Waals surface area contributed by atoms with Gasteiger partial charge in [0.05, 0.1) is 18.0 Å². The largest absolute Gasteiger partial charge is 0.491 e. The average Bonchev–Trinajstić information content (AvgIpc) is 2.36. The second kappa shape index (κ2) is 6.79. The lowest BCUT2D eigenvalue weighted by molar-refractivity contribution is 0.283. The SMILES string of the molecule is CCOc1cc(N(CCCO)C2CCC2)c(N)cc1F. The van der Waals surface area contributed by atoms with E-state index in [1.165, 1.54) is 12.5 Å². The number of aliphatic hydroxyl groups excluding tert-OH is 1. The van der Waals surface area contributed by atoms with Gasteiger partial charge in [-0.1, -0.05) is 0 Å². The Labute approximate surface area is 119 Å². The molecule has 112 valence electrons. The Morgan fingerprint density at radius 1 is 1.45 bits per heavy atom. The van der Waals surface area contributed by atoms with E-state index in [0.717, 1.165) is 25.1 Å². The van der Waals surface area contributed by atoms with Crippen LogP contribution in [-0.2, 0) is 0 Å². The number of nitrogen functional groups attached to an aromatic ring is 1. The Balaban J connectivity index is 2.28. The van der Waals surface area contributed by atoms with Crippen molar-refractivity contribution in [1.82, 2.24) is 0 Å². The molecule has 20 heavy (non-hydrogen) atoms. The van der Waals surface area contributed by atoms with Crippen molar-refractivity contribution in [1.29, 1.82) is 0 Å². The van der Waals surface area contributed by atoms with Crippen LogP contribution >= 0.6 is 0 Å². The Kier molecular flexibility index (Phi) is 5.06. The molecule has 3 N–H and O–H groups in total. The quantitative estimate of drug-likeness (QED) is 0.755. The lowest BCUT2D eigenvalue weighted by Gasteiger charge is -2.40. The van der Waals surface area contributed by atoms with Gasteiger partial charge in [0, 0.05) is 31.3 Å². The molecule has 1 fully saturated rings. The van der Waals surface area contributed by atoms with Crippen molar-refractivity contribution in [2.24, 2.45) is 0 Å². The maximum atomic E-state index is 13.8. The molecule has 1 saturated carbocycles. The number of anilines is 2. The fourth-order valence-electron chi connectivity index (χ4n) is 2.51. The zero-order valence-corrected chi connectivity index (χ0v) is 11.9. The molecular formula is C15H23FN2O2. The number of hydrogen-bond acceptors (Lipinski definition) is 4. The molecule has 1 aliphatic carbocycles. The van der Waals surface area contributed by atoms with Crippen molar-refractivity contribution in [2.75, 3.05) is 30.4 Å². The molecule has 0 aliphatic heterocycles. The van der Waals surface area contributed by atoms with Crippen LogP contribution in [0.25, 0.3) is 0 Å². The highest BCUT2D eigenvalue weighted by atomic mass is 19.1. The summed E-state index contributed by atoms with van der Waals surface area (Å²) in [4.78, 5) is 2.18. The van der Waals surface area contributed by atoms with Gasteiger partial charge >= 0.3 is 0 Å². The lowest BCUT2D eigenvalue weighted by atomic mass is 9.90. The average molecular weight is 282 g/mol. The fourth-order valence-corrected chi connectivity index (χ4v) is 2.51. The summed E-state index contributed by atoms with van der Waals surface area (Å²) >= 11 is 0. The number of hydrogen-bond donors (Lipinski definition) is 2. The van der Waals surface area contributed by atoms with Gasteiger partial charge in [-0.15, -0.1) is 0 Å². The number of halogens is 1. The van der Waals surface area contributed by atoms with Gasteiger partial charge in [-0.2, -0.15) is 0 Å². The van der Waals surface area contributed by atoms with Gasteiger partial charge < -0.3 is 20.5 Å². The Hall–Kier alpha value is -1.49. The van der Waals surface area contributed by atoms with Crippen molar-refractivity contribution < 1.29 is 14.2 Å². The molecule has 0 spiro atoms. The molecular weight excluding hydrogens is 259 g/mol. The molecule has 4 nitrogen and oxygen atoms in total. The van der Waals surface area contributed by atoms with E-state index in [1.54, 1.807) is 6.07 Å². The van der Waals surface area contributed by atoms with Crippen LogP contribution in [0.3, 0.4) is 0 Å². The number of nitrogens with zero attached hydrogens (tertiary/aromatic N) is 1. The molecule has 0 aromatic heterocycles. The van der Waals surface area contributed by atoms with E-state index in [4.69, 9.17) is 15.6 Å². The fraction of sp³-hybridized carbons (Fsp3) is 0.600. The summed E-state index contributed by atoms with van der Waals surface area (Å²) < 4.78 is 19.1. The van der Waals surface area contributed by atoms with Gasteiger partial charge in [0.25, 0.3) is 0 Å². The predicted molar refractivity (Wildman–Crippen MR) is 78.7 cm³/mol. The van der Waals surface area contributed by atoms with Crippen LogP contribution in [-0.4, -0.2) is 30.9 Å². The van der Waals surface area contributed by atoms with Crippen LogP contribution in [0.4, 0.5) is 15.8 Å². The first-order chi connectivity index (χ1) is 9.67. The highest BCUT2D eigenvalue weighted by Gasteiger charge is 2.27. The first-order valence-electron chi connectivity index (χ1n) is 7.26. The third-order valence-electron chi connectivity index (χ3n) is 3.76. The Morgan fingerprint density at radius 2 is 2.20 bits per heavy atom. The van der Waals surface area contributed by atoms with Crippen LogP contribution < -0.4 is 15.4 Å². The smallest absolute Gasteiger partial charge is 0.167 e. The summed E-state index contributed by atoms with van der Waals surface area (Å²) in [6.07, 6.45) is 4.12. The Bertz CT molecular complexity index is 450. The molecule has 0 unspecified atom stereocenters. The standard InChI is InChI=1S/C15H23FN2O2/c1-2-20-15-10-14(13(17)9-12(15)16)18(7-4-8-19)11-5-3-6-11/h9-11,19H,2-8,17H2,1H3. The molecule has 1 aromatic rings. The zero-order chi connectivity index (χ0) is 14.5. The normalized spacial score (nSPS) is 14.9. The van der Waals surface area contributed by atoms with Crippen LogP contribution in [0.2, 0.25) is 0 Å². The van der Waals surface area contributed by atoms with E-state index in [0.29, 0.717) is 24.8 Å². The molecule has 0 bridgehead atoms. The van der Waals surface area contributed by atoms with Crippen molar-refractivity contribution >= 4 is 11.4 Å².